The molecule has 0 amide bonds. The van der Waals surface area contributed by atoms with E-state index in [4.69, 9.17) is 11.6 Å². The molecule has 0 saturated carbocycles. The minimum atomic E-state index is -1.66. The molecule has 0 aromatic heterocycles. The molecule has 0 unspecified atom stereocenters. The fraction of sp³-hybridized carbons (Fsp3) is 0. The first-order valence-corrected chi connectivity index (χ1v) is 3.56. The molecule has 13 heavy (non-hydrogen) atoms. The van der Waals surface area contributed by atoms with E-state index < -0.39 is 22.1 Å². The zero-order chi connectivity index (χ0) is 10.0. The van der Waals surface area contributed by atoms with Crippen LogP contribution in [0.1, 0.15) is 10.4 Å². The minimum absolute atomic E-state index is 0.200. The average Bonchev–Trinajstić information content (AvgIpc) is 2.02. The molecule has 0 heterocycles. The molecule has 6 heteroatoms. The van der Waals surface area contributed by atoms with Crippen molar-refractivity contribution in [3.05, 3.63) is 38.9 Å². The van der Waals surface area contributed by atoms with E-state index in [1.165, 1.54) is 12.1 Å². The Morgan fingerprint density at radius 2 is 2.08 bits per heavy atom. The van der Waals surface area contributed by atoms with Gasteiger partial charge in [-0.3, -0.25) is 10.1 Å². The van der Waals surface area contributed by atoms with Crippen LogP contribution in [0.3, 0.4) is 0 Å². The number of nitro benzene ring substituents is 1. The van der Waals surface area contributed by atoms with Crippen molar-refractivity contribution < 1.29 is 14.8 Å². The Morgan fingerprint density at radius 3 is 2.46 bits per heavy atom. The molecule has 1 rings (SSSR count). The van der Waals surface area contributed by atoms with Crippen LogP contribution in [0.2, 0.25) is 5.02 Å². The van der Waals surface area contributed by atoms with Crippen molar-refractivity contribution in [1.29, 1.82) is 0 Å². The smallest absolute Gasteiger partial charge is 0.279 e. The van der Waals surface area contributed by atoms with E-state index in [1.54, 1.807) is 0 Å². The molecule has 68 valence electrons. The summed E-state index contributed by atoms with van der Waals surface area (Å²) in [4.78, 5) is 20.0. The Bertz CT molecular complexity index is 377. The Labute approximate surface area is 77.7 Å². The molecule has 0 bridgehead atoms. The molecule has 0 aliphatic rings. The topological polar surface area (TPSA) is 83.3 Å². The van der Waals surface area contributed by atoms with Crippen molar-refractivity contribution in [2.24, 2.45) is 0 Å². The molecule has 0 fully saturated rings. The predicted molar refractivity (Wildman–Crippen MR) is 42.4 cm³/mol. The van der Waals surface area contributed by atoms with Crippen LogP contribution in [0.4, 0.5) is 5.69 Å². The maximum Gasteiger partial charge on any atom is 0.279 e. The van der Waals surface area contributed by atoms with Gasteiger partial charge in [0, 0.05) is 6.07 Å². The molecule has 1 aromatic carbocycles. The highest BCUT2D eigenvalue weighted by molar-refractivity contribution is 6.34. The number of hydrogen-bond donors (Lipinski definition) is 0. The molecule has 0 aliphatic carbocycles. The molecule has 0 saturated heterocycles. The molecule has 0 N–H and O–H groups in total. The lowest BCUT2D eigenvalue weighted by Crippen LogP contribution is -2.23. The normalized spacial score (nSPS) is 9.62. The predicted octanol–water partition coefficient (Wildman–Crippen LogP) is 0.612. The minimum Gasteiger partial charge on any atom is -0.544 e. The van der Waals surface area contributed by atoms with Gasteiger partial charge in [-0.2, -0.15) is 0 Å². The van der Waals surface area contributed by atoms with Crippen LogP contribution >= 0.6 is 11.6 Å². The van der Waals surface area contributed by atoms with Crippen LogP contribution in [0.25, 0.3) is 0 Å². The average molecular weight is 201 g/mol. The fourth-order valence-corrected chi connectivity index (χ4v) is 1.11. The number of carbonyl (C=O) groups excluding carboxylic acids is 1. The molecule has 0 spiro atoms. The summed E-state index contributed by atoms with van der Waals surface area (Å²) in [5.41, 5.74) is -1.15. The second kappa shape index (κ2) is 3.40. The summed E-state index contributed by atoms with van der Waals surface area (Å²) < 4.78 is 0. The van der Waals surface area contributed by atoms with Gasteiger partial charge in [-0.05, 0) is 6.07 Å². The van der Waals surface area contributed by atoms with Crippen LogP contribution in [0.5, 0.6) is 0 Å². The molecule has 0 radical (unpaired) electrons. The highest BCUT2D eigenvalue weighted by Crippen LogP contribution is 2.24. The number of carboxylic acid groups (broad SMARTS) is 1. The van der Waals surface area contributed by atoms with E-state index in [0.29, 0.717) is 0 Å². The second-order valence-electron chi connectivity index (χ2n) is 2.18. The lowest BCUT2D eigenvalue weighted by molar-refractivity contribution is -0.385. The van der Waals surface area contributed by atoms with Crippen molar-refractivity contribution in [2.45, 2.75) is 0 Å². The first-order chi connectivity index (χ1) is 6.04. The number of halogens is 1. The Hall–Kier alpha value is -1.62. The Kier molecular flexibility index (Phi) is 2.48. The van der Waals surface area contributed by atoms with Gasteiger partial charge in [0.25, 0.3) is 5.69 Å². The van der Waals surface area contributed by atoms with Crippen LogP contribution in [-0.2, 0) is 0 Å². The van der Waals surface area contributed by atoms with Crippen molar-refractivity contribution >= 4 is 23.3 Å². The summed E-state index contributed by atoms with van der Waals surface area (Å²) in [6.07, 6.45) is 0. The van der Waals surface area contributed by atoms with E-state index >= 15 is 0 Å². The summed E-state index contributed by atoms with van der Waals surface area (Å²) in [7, 11) is 0. The largest absolute Gasteiger partial charge is 0.544 e. The van der Waals surface area contributed by atoms with Gasteiger partial charge in [-0.15, -0.1) is 0 Å². The molecule has 0 aliphatic heterocycles. The van der Waals surface area contributed by atoms with Crippen LogP contribution < -0.4 is 5.11 Å². The molecule has 1 aromatic rings. The van der Waals surface area contributed by atoms with E-state index in [1.807, 2.05) is 0 Å². The van der Waals surface area contributed by atoms with Gasteiger partial charge in [0.2, 0.25) is 0 Å². The van der Waals surface area contributed by atoms with E-state index in [9.17, 15) is 20.0 Å². The Balaban J connectivity index is 3.43. The molecular weight excluding hydrogens is 198 g/mol. The number of carbonyl (C=O) groups is 1. The summed E-state index contributed by atoms with van der Waals surface area (Å²) >= 11 is 5.44. The number of benzene rings is 1. The number of carboxylic acids is 1. The lowest BCUT2D eigenvalue weighted by Gasteiger charge is -2.04. The number of rotatable bonds is 2. The van der Waals surface area contributed by atoms with Crippen molar-refractivity contribution in [3.8, 4) is 0 Å². The maximum absolute atomic E-state index is 10.4. The van der Waals surface area contributed by atoms with Crippen molar-refractivity contribution in [3.63, 3.8) is 0 Å². The molecular formula is C7H3ClNO4-. The van der Waals surface area contributed by atoms with E-state index in [2.05, 4.69) is 0 Å². The van der Waals surface area contributed by atoms with Gasteiger partial charge in [0.05, 0.1) is 21.5 Å². The van der Waals surface area contributed by atoms with Crippen molar-refractivity contribution in [2.75, 3.05) is 0 Å². The van der Waals surface area contributed by atoms with Crippen LogP contribution in [0, 0.1) is 10.1 Å². The first kappa shape index (κ1) is 9.47. The zero-order valence-corrected chi connectivity index (χ0v) is 6.95. The number of aromatic carboxylic acids is 1. The zero-order valence-electron chi connectivity index (χ0n) is 6.19. The van der Waals surface area contributed by atoms with Crippen LogP contribution in [-0.4, -0.2) is 10.9 Å². The standard InChI is InChI=1S/C7H4ClNO4/c8-4-2-1-3-5(9(12)13)6(4)7(10)11/h1-3H,(H,10,11)/p-1. The third-order valence-electron chi connectivity index (χ3n) is 1.39. The number of nitro groups is 1. The van der Waals surface area contributed by atoms with Gasteiger partial charge >= 0.3 is 0 Å². The monoisotopic (exact) mass is 200 g/mol. The third kappa shape index (κ3) is 1.75. The quantitative estimate of drug-likeness (QED) is 0.517. The summed E-state index contributed by atoms with van der Waals surface area (Å²) in [5, 5.41) is 20.6. The summed E-state index contributed by atoms with van der Waals surface area (Å²) in [5.74, 6) is -1.66. The number of nitrogens with zero attached hydrogens (tertiary/aromatic N) is 1. The summed E-state index contributed by atoms with van der Waals surface area (Å²) in [6.45, 7) is 0. The SMILES string of the molecule is O=C([O-])c1c(Cl)cccc1[N+](=O)[O-]. The van der Waals surface area contributed by atoms with Gasteiger partial charge < -0.3 is 9.90 Å². The van der Waals surface area contributed by atoms with E-state index in [0.717, 1.165) is 6.07 Å². The first-order valence-electron chi connectivity index (χ1n) is 3.18. The van der Waals surface area contributed by atoms with Gasteiger partial charge in [0.15, 0.2) is 0 Å². The highest BCUT2D eigenvalue weighted by Gasteiger charge is 2.16. The van der Waals surface area contributed by atoms with Crippen molar-refractivity contribution in [1.82, 2.24) is 0 Å². The van der Waals surface area contributed by atoms with Gasteiger partial charge in [0.1, 0.15) is 0 Å². The Morgan fingerprint density at radius 1 is 1.46 bits per heavy atom. The third-order valence-corrected chi connectivity index (χ3v) is 1.71. The second-order valence-corrected chi connectivity index (χ2v) is 2.59. The van der Waals surface area contributed by atoms with Gasteiger partial charge in [-0.25, -0.2) is 0 Å². The highest BCUT2D eigenvalue weighted by atomic mass is 35.5. The summed E-state index contributed by atoms with van der Waals surface area (Å²) in [6, 6.07) is 3.60. The fourth-order valence-electron chi connectivity index (χ4n) is 0.867. The number of hydrogen-bond acceptors (Lipinski definition) is 4. The lowest BCUT2D eigenvalue weighted by atomic mass is 10.2. The molecule has 0 atom stereocenters. The van der Waals surface area contributed by atoms with Crippen LogP contribution in [0.15, 0.2) is 18.2 Å². The van der Waals surface area contributed by atoms with Gasteiger partial charge in [-0.1, -0.05) is 17.7 Å². The van der Waals surface area contributed by atoms with E-state index in [-0.39, 0.29) is 5.02 Å². The maximum atomic E-state index is 10.4. The molecule has 5 nitrogen and oxygen atoms in total.